The summed E-state index contributed by atoms with van der Waals surface area (Å²) in [5.74, 6) is 0. The summed E-state index contributed by atoms with van der Waals surface area (Å²) in [6, 6.07) is 87.1. The quantitative estimate of drug-likeness (QED) is 0.153. The molecule has 0 bridgehead atoms. The Morgan fingerprint density at radius 2 is 0.730 bits per heavy atom. The molecule has 3 heteroatoms. The zero-order chi connectivity index (χ0) is 41.7. The Hall–Kier alpha value is -8.40. The Morgan fingerprint density at radius 3 is 1.33 bits per heavy atom. The van der Waals surface area contributed by atoms with Crippen molar-refractivity contribution in [3.63, 3.8) is 0 Å². The predicted molar refractivity (Wildman–Crippen MR) is 264 cm³/mol. The van der Waals surface area contributed by atoms with Gasteiger partial charge in [-0.15, -0.1) is 0 Å². The SMILES string of the molecule is c1ccc(-c2cccc(-c3ccc(N(c4ccc(-c5cccc(-c6cccc7oc8ccccc8c67)c5)cc4)c4ccc(-n5c6ccccc6c6ccccc65)cc4)cc3)c2)cc1. The molecule has 296 valence electrons. The van der Waals surface area contributed by atoms with Crippen molar-refractivity contribution in [2.45, 2.75) is 0 Å². The molecule has 0 aliphatic heterocycles. The van der Waals surface area contributed by atoms with Gasteiger partial charge in [-0.2, -0.15) is 0 Å². The van der Waals surface area contributed by atoms with Crippen molar-refractivity contribution >= 4 is 60.8 Å². The average molecular weight is 805 g/mol. The van der Waals surface area contributed by atoms with Gasteiger partial charge in [-0.1, -0.05) is 158 Å². The summed E-state index contributed by atoms with van der Waals surface area (Å²) in [7, 11) is 0. The van der Waals surface area contributed by atoms with Crippen molar-refractivity contribution in [3.05, 3.63) is 243 Å². The lowest BCUT2D eigenvalue weighted by molar-refractivity contribution is 0.669. The maximum absolute atomic E-state index is 6.24. The number of aromatic nitrogens is 1. The van der Waals surface area contributed by atoms with E-state index in [0.717, 1.165) is 61.4 Å². The number of fused-ring (bicyclic) bond motifs is 6. The number of para-hydroxylation sites is 3. The molecule has 0 spiro atoms. The third kappa shape index (κ3) is 6.46. The van der Waals surface area contributed by atoms with E-state index in [1.54, 1.807) is 0 Å². The van der Waals surface area contributed by atoms with Crippen LogP contribution in [0.5, 0.6) is 0 Å². The van der Waals surface area contributed by atoms with Gasteiger partial charge in [0.2, 0.25) is 0 Å². The molecule has 3 nitrogen and oxygen atoms in total. The first kappa shape index (κ1) is 36.5. The van der Waals surface area contributed by atoms with E-state index in [9.17, 15) is 0 Å². The van der Waals surface area contributed by atoms with E-state index in [-0.39, 0.29) is 0 Å². The van der Waals surface area contributed by atoms with E-state index in [2.05, 4.69) is 240 Å². The third-order valence-corrected chi connectivity index (χ3v) is 12.4. The van der Waals surface area contributed by atoms with Gasteiger partial charge in [0, 0.05) is 44.3 Å². The molecule has 10 aromatic carbocycles. The van der Waals surface area contributed by atoms with Crippen LogP contribution in [0.3, 0.4) is 0 Å². The van der Waals surface area contributed by atoms with Crippen LogP contribution in [0, 0.1) is 0 Å². The van der Waals surface area contributed by atoms with Gasteiger partial charge in [0.15, 0.2) is 0 Å². The van der Waals surface area contributed by atoms with Crippen molar-refractivity contribution in [1.82, 2.24) is 4.57 Å². The number of benzene rings is 10. The smallest absolute Gasteiger partial charge is 0.136 e. The minimum Gasteiger partial charge on any atom is -0.456 e. The lowest BCUT2D eigenvalue weighted by Crippen LogP contribution is -2.10. The minimum absolute atomic E-state index is 0.903. The summed E-state index contributed by atoms with van der Waals surface area (Å²) >= 11 is 0. The van der Waals surface area contributed by atoms with Gasteiger partial charge in [0.1, 0.15) is 11.2 Å². The molecule has 2 aromatic heterocycles. The van der Waals surface area contributed by atoms with Crippen molar-refractivity contribution in [2.75, 3.05) is 4.90 Å². The molecular weight excluding hydrogens is 765 g/mol. The van der Waals surface area contributed by atoms with Crippen LogP contribution in [0.1, 0.15) is 0 Å². The second-order valence-electron chi connectivity index (χ2n) is 16.1. The molecule has 0 N–H and O–H groups in total. The van der Waals surface area contributed by atoms with E-state index >= 15 is 0 Å². The number of hydrogen-bond donors (Lipinski definition) is 0. The van der Waals surface area contributed by atoms with Crippen LogP contribution in [0.4, 0.5) is 17.1 Å². The Bertz CT molecular complexity index is 3550. The fourth-order valence-corrected chi connectivity index (χ4v) is 9.40. The Labute approximate surface area is 366 Å². The number of nitrogens with zero attached hydrogens (tertiary/aromatic N) is 2. The molecule has 0 amide bonds. The monoisotopic (exact) mass is 804 g/mol. The summed E-state index contributed by atoms with van der Waals surface area (Å²) in [4.78, 5) is 2.35. The minimum atomic E-state index is 0.903. The van der Waals surface area contributed by atoms with Gasteiger partial charge in [-0.25, -0.2) is 0 Å². The topological polar surface area (TPSA) is 21.3 Å². The zero-order valence-electron chi connectivity index (χ0n) is 34.4. The van der Waals surface area contributed by atoms with Gasteiger partial charge in [-0.05, 0) is 129 Å². The van der Waals surface area contributed by atoms with E-state index in [0.29, 0.717) is 0 Å². The fourth-order valence-electron chi connectivity index (χ4n) is 9.40. The third-order valence-electron chi connectivity index (χ3n) is 12.4. The van der Waals surface area contributed by atoms with Gasteiger partial charge in [0.05, 0.1) is 11.0 Å². The second-order valence-corrected chi connectivity index (χ2v) is 16.1. The Kier molecular flexibility index (Phi) is 8.83. The van der Waals surface area contributed by atoms with Crippen molar-refractivity contribution in [2.24, 2.45) is 0 Å². The highest BCUT2D eigenvalue weighted by atomic mass is 16.3. The lowest BCUT2D eigenvalue weighted by atomic mass is 9.96. The summed E-state index contributed by atoms with van der Waals surface area (Å²) in [5, 5.41) is 4.79. The van der Waals surface area contributed by atoms with Gasteiger partial charge in [-0.3, -0.25) is 0 Å². The molecule has 12 aromatic rings. The first-order valence-corrected chi connectivity index (χ1v) is 21.5. The standard InChI is InChI=1S/C60H40N2O/c1-2-13-41(14-3-1)44-15-10-16-45(39-44)42-27-31-48(32-28-42)61(50-35-37-51(38-36-50)62-56-23-7-4-19-53(56)54-20-5-8-24-57(54)62)49-33-29-43(30-34-49)46-17-11-18-47(40-46)52-22-12-26-59-60(52)55-21-6-9-25-58(55)63-59/h1-40H. The Balaban J connectivity index is 0.924. The second kappa shape index (κ2) is 15.3. The Morgan fingerprint density at radius 1 is 0.302 bits per heavy atom. The van der Waals surface area contributed by atoms with Crippen LogP contribution in [0.25, 0.3) is 93.9 Å². The highest BCUT2D eigenvalue weighted by Crippen LogP contribution is 2.41. The van der Waals surface area contributed by atoms with Crippen molar-refractivity contribution in [3.8, 4) is 50.2 Å². The molecule has 0 saturated carbocycles. The normalized spacial score (nSPS) is 11.5. The molecule has 63 heavy (non-hydrogen) atoms. The molecule has 2 heterocycles. The van der Waals surface area contributed by atoms with Crippen LogP contribution < -0.4 is 4.90 Å². The summed E-state index contributed by atoms with van der Waals surface area (Å²) in [6.07, 6.45) is 0. The largest absolute Gasteiger partial charge is 0.456 e. The van der Waals surface area contributed by atoms with E-state index in [1.165, 1.54) is 49.6 Å². The van der Waals surface area contributed by atoms with Crippen LogP contribution >= 0.6 is 0 Å². The van der Waals surface area contributed by atoms with Crippen LogP contribution in [0.15, 0.2) is 247 Å². The molecule has 0 unspecified atom stereocenters. The van der Waals surface area contributed by atoms with Crippen LogP contribution in [-0.4, -0.2) is 4.57 Å². The lowest BCUT2D eigenvalue weighted by Gasteiger charge is -2.26. The van der Waals surface area contributed by atoms with E-state index in [4.69, 9.17) is 4.42 Å². The van der Waals surface area contributed by atoms with Gasteiger partial charge >= 0.3 is 0 Å². The summed E-state index contributed by atoms with van der Waals surface area (Å²) in [5.41, 5.74) is 18.0. The first-order chi connectivity index (χ1) is 31.2. The summed E-state index contributed by atoms with van der Waals surface area (Å²) in [6.45, 7) is 0. The van der Waals surface area contributed by atoms with Gasteiger partial charge < -0.3 is 13.9 Å². The molecule has 0 saturated heterocycles. The predicted octanol–water partition coefficient (Wildman–Crippen LogP) is 16.8. The molecular formula is C60H40N2O. The maximum atomic E-state index is 6.24. The van der Waals surface area contributed by atoms with Gasteiger partial charge in [0.25, 0.3) is 0 Å². The number of hydrogen-bond acceptors (Lipinski definition) is 2. The van der Waals surface area contributed by atoms with E-state index in [1.807, 2.05) is 12.1 Å². The first-order valence-electron chi connectivity index (χ1n) is 21.5. The summed E-state index contributed by atoms with van der Waals surface area (Å²) < 4.78 is 8.61. The fraction of sp³-hybridized carbons (Fsp3) is 0. The molecule has 12 rings (SSSR count). The zero-order valence-corrected chi connectivity index (χ0v) is 34.4. The molecule has 0 aliphatic rings. The number of furan rings is 1. The highest BCUT2D eigenvalue weighted by Gasteiger charge is 2.17. The number of rotatable bonds is 8. The van der Waals surface area contributed by atoms with Crippen LogP contribution in [0.2, 0.25) is 0 Å². The average Bonchev–Trinajstić information content (AvgIpc) is 3.91. The maximum Gasteiger partial charge on any atom is 0.136 e. The van der Waals surface area contributed by atoms with Crippen molar-refractivity contribution < 1.29 is 4.42 Å². The highest BCUT2D eigenvalue weighted by molar-refractivity contribution is 6.12. The van der Waals surface area contributed by atoms with E-state index < -0.39 is 0 Å². The molecule has 0 aliphatic carbocycles. The van der Waals surface area contributed by atoms with Crippen molar-refractivity contribution in [1.29, 1.82) is 0 Å². The molecule has 0 fully saturated rings. The number of anilines is 3. The molecule has 0 atom stereocenters. The molecule has 0 radical (unpaired) electrons. The van der Waals surface area contributed by atoms with Crippen LogP contribution in [-0.2, 0) is 0 Å².